The van der Waals surface area contributed by atoms with Crippen LogP contribution in [0.4, 0.5) is 5.95 Å². The maximum Gasteiger partial charge on any atom is 0.243 e. The quantitative estimate of drug-likeness (QED) is 0.388. The molecular formula is C24H29ClN6O6S. The molecule has 1 N–H and O–H groups in total. The van der Waals surface area contributed by atoms with Crippen molar-refractivity contribution in [2.24, 2.45) is 5.41 Å². The van der Waals surface area contributed by atoms with Crippen molar-refractivity contribution >= 4 is 33.4 Å². The molecule has 1 aromatic carbocycles. The molecule has 38 heavy (non-hydrogen) atoms. The number of aromatic nitrogens is 5. The smallest absolute Gasteiger partial charge is 0.243 e. The Morgan fingerprint density at radius 2 is 1.71 bits per heavy atom. The van der Waals surface area contributed by atoms with E-state index < -0.39 is 26.8 Å². The van der Waals surface area contributed by atoms with Gasteiger partial charge in [0.1, 0.15) is 40.1 Å². The van der Waals surface area contributed by atoms with Crippen molar-refractivity contribution < 1.29 is 27.4 Å². The van der Waals surface area contributed by atoms with Gasteiger partial charge in [-0.2, -0.15) is 0 Å². The van der Waals surface area contributed by atoms with E-state index in [0.717, 1.165) is 0 Å². The fraction of sp³-hybridized carbons (Fsp3) is 0.458. The number of halogens is 1. The van der Waals surface area contributed by atoms with Gasteiger partial charge in [-0.15, -0.1) is 10.2 Å². The first-order chi connectivity index (χ1) is 18.0. The average molecular weight is 565 g/mol. The van der Waals surface area contributed by atoms with Gasteiger partial charge in [0.15, 0.2) is 5.82 Å². The molecule has 0 spiro atoms. The van der Waals surface area contributed by atoms with Crippen LogP contribution in [0, 0.1) is 5.41 Å². The third kappa shape index (κ3) is 4.81. The first kappa shape index (κ1) is 27.7. The van der Waals surface area contributed by atoms with Crippen LogP contribution in [0.15, 0.2) is 30.6 Å². The first-order valence-corrected chi connectivity index (χ1v) is 13.6. The maximum atomic E-state index is 13.6. The second-order valence-corrected chi connectivity index (χ2v) is 11.9. The molecule has 0 radical (unpaired) electrons. The summed E-state index contributed by atoms with van der Waals surface area (Å²) in [6.45, 7) is 5.11. The molecule has 0 aliphatic heterocycles. The first-order valence-electron chi connectivity index (χ1n) is 11.7. The molecule has 0 amide bonds. The van der Waals surface area contributed by atoms with Crippen molar-refractivity contribution in [3.8, 4) is 17.2 Å². The van der Waals surface area contributed by atoms with Crippen LogP contribution in [0.3, 0.4) is 0 Å². The molecular weight excluding hydrogens is 536 g/mol. The van der Waals surface area contributed by atoms with Crippen LogP contribution >= 0.6 is 11.6 Å². The number of carbonyl (C=O) groups is 1. The Balaban J connectivity index is 1.81. The summed E-state index contributed by atoms with van der Waals surface area (Å²) in [5.41, 5.74) is -0.321. The van der Waals surface area contributed by atoms with E-state index in [1.165, 1.54) is 45.2 Å². The van der Waals surface area contributed by atoms with Crippen LogP contribution < -0.4 is 14.2 Å². The lowest BCUT2D eigenvalue weighted by Gasteiger charge is -2.41. The number of nitrogens with one attached hydrogen (secondary N) is 1. The number of carbonyl (C=O) groups excluding carboxylic acids is 1. The monoisotopic (exact) mass is 564 g/mol. The van der Waals surface area contributed by atoms with Crippen molar-refractivity contribution in [3.63, 3.8) is 0 Å². The van der Waals surface area contributed by atoms with E-state index in [2.05, 4.69) is 24.9 Å². The molecule has 3 atom stereocenters. The van der Waals surface area contributed by atoms with E-state index in [0.29, 0.717) is 28.0 Å². The van der Waals surface area contributed by atoms with Gasteiger partial charge in [-0.1, -0.05) is 31.5 Å². The van der Waals surface area contributed by atoms with E-state index in [1.807, 2.05) is 13.8 Å². The minimum atomic E-state index is -4.15. The molecule has 0 saturated heterocycles. The Morgan fingerprint density at radius 3 is 2.21 bits per heavy atom. The number of ketones is 1. The zero-order valence-corrected chi connectivity index (χ0v) is 23.4. The van der Waals surface area contributed by atoms with E-state index >= 15 is 0 Å². The normalized spacial score (nSPS) is 18.4. The molecule has 1 fully saturated rings. The lowest BCUT2D eigenvalue weighted by molar-refractivity contribution is -0.138. The predicted molar refractivity (Wildman–Crippen MR) is 139 cm³/mol. The number of para-hydroxylation sites is 1. The number of nitrogens with zero attached hydrogens (tertiary/aromatic N) is 5. The van der Waals surface area contributed by atoms with Crippen molar-refractivity contribution in [3.05, 3.63) is 47.3 Å². The van der Waals surface area contributed by atoms with Gasteiger partial charge >= 0.3 is 0 Å². The van der Waals surface area contributed by atoms with Crippen molar-refractivity contribution in [2.75, 3.05) is 26.1 Å². The summed E-state index contributed by atoms with van der Waals surface area (Å²) >= 11 is 5.88. The molecule has 4 rings (SSSR count). The third-order valence-electron chi connectivity index (χ3n) is 6.90. The highest BCUT2D eigenvalue weighted by Crippen LogP contribution is 2.50. The van der Waals surface area contributed by atoms with Crippen LogP contribution in [-0.4, -0.2) is 65.5 Å². The molecule has 14 heteroatoms. The van der Waals surface area contributed by atoms with E-state index in [9.17, 15) is 13.2 Å². The number of hydrogen-bond acceptors (Lipinski definition) is 10. The van der Waals surface area contributed by atoms with Crippen LogP contribution in [0.25, 0.3) is 5.69 Å². The molecule has 2 heterocycles. The summed E-state index contributed by atoms with van der Waals surface area (Å²) < 4.78 is 47.9. The van der Waals surface area contributed by atoms with Gasteiger partial charge in [-0.25, -0.2) is 18.4 Å². The van der Waals surface area contributed by atoms with E-state index in [-0.39, 0.29) is 29.9 Å². The maximum absolute atomic E-state index is 13.6. The second kappa shape index (κ2) is 10.5. The van der Waals surface area contributed by atoms with Gasteiger partial charge in [-0.05, 0) is 19.1 Å². The number of anilines is 1. The summed E-state index contributed by atoms with van der Waals surface area (Å²) in [7, 11) is 0.186. The van der Waals surface area contributed by atoms with Crippen molar-refractivity contribution in [1.29, 1.82) is 0 Å². The largest absolute Gasteiger partial charge is 0.494 e. The molecule has 3 aromatic rings. The van der Waals surface area contributed by atoms with Gasteiger partial charge < -0.3 is 14.2 Å². The third-order valence-corrected chi connectivity index (χ3v) is 8.79. The van der Waals surface area contributed by atoms with E-state index in [4.69, 9.17) is 25.8 Å². The number of hydrogen-bond donors (Lipinski definition) is 1. The molecule has 2 aromatic heterocycles. The standard InChI is InChI=1S/C24H29ClN6O6S/c1-13(20(37-6)21-26-11-14(25)12-27-21)38(33,34)30-23-29-28-22(15-10-18(32)24(15,2)3)31(23)19-16(35-4)8-7-9-17(19)36-5/h7-9,11-13,15,20H,10H2,1-6H3,(H,29,30)/t13-,15-,20-/m0/s1. The number of ether oxygens (including phenoxy) is 3. The van der Waals surface area contributed by atoms with Crippen molar-refractivity contribution in [2.45, 2.75) is 44.5 Å². The van der Waals surface area contributed by atoms with E-state index in [1.54, 1.807) is 18.2 Å². The topological polar surface area (TPSA) is 147 Å². The average Bonchev–Trinajstić information content (AvgIpc) is 3.29. The second-order valence-electron chi connectivity index (χ2n) is 9.40. The number of benzene rings is 1. The van der Waals surface area contributed by atoms with Crippen LogP contribution in [0.5, 0.6) is 11.5 Å². The van der Waals surface area contributed by atoms with Crippen LogP contribution in [-0.2, 0) is 19.6 Å². The Hall–Kier alpha value is -3.29. The summed E-state index contributed by atoms with van der Waals surface area (Å²) in [4.78, 5) is 20.6. The summed E-state index contributed by atoms with van der Waals surface area (Å²) in [6, 6.07) is 5.15. The fourth-order valence-electron chi connectivity index (χ4n) is 4.40. The van der Waals surface area contributed by atoms with Crippen LogP contribution in [0.1, 0.15) is 50.9 Å². The van der Waals surface area contributed by atoms with Crippen LogP contribution in [0.2, 0.25) is 5.02 Å². The number of Topliss-reactive ketones (excluding diaryl/α,β-unsaturated/α-hetero) is 1. The van der Waals surface area contributed by atoms with Gasteiger partial charge in [0.25, 0.3) is 0 Å². The highest BCUT2D eigenvalue weighted by atomic mass is 35.5. The zero-order valence-electron chi connectivity index (χ0n) is 21.8. The van der Waals surface area contributed by atoms with Gasteiger partial charge in [0.05, 0.1) is 19.2 Å². The Labute approximate surface area is 225 Å². The summed E-state index contributed by atoms with van der Waals surface area (Å²) in [5.74, 6) is 0.993. The van der Waals surface area contributed by atoms with Gasteiger partial charge in [0.2, 0.25) is 16.0 Å². The molecule has 1 aliphatic carbocycles. The molecule has 12 nitrogen and oxygen atoms in total. The lowest BCUT2D eigenvalue weighted by Crippen LogP contribution is -2.44. The summed E-state index contributed by atoms with van der Waals surface area (Å²) in [5, 5.41) is 7.67. The Bertz CT molecular complexity index is 1420. The zero-order chi connectivity index (χ0) is 27.8. The Kier molecular flexibility index (Phi) is 7.64. The lowest BCUT2D eigenvalue weighted by atomic mass is 9.61. The highest BCUT2D eigenvalue weighted by molar-refractivity contribution is 7.93. The predicted octanol–water partition coefficient (Wildman–Crippen LogP) is 3.33. The number of methoxy groups -OCH3 is 3. The molecule has 0 bridgehead atoms. The minimum absolute atomic E-state index is 0.0747. The molecule has 1 saturated carbocycles. The molecule has 204 valence electrons. The number of rotatable bonds is 10. The van der Waals surface area contributed by atoms with Gasteiger partial charge in [0, 0.05) is 37.3 Å². The highest BCUT2D eigenvalue weighted by Gasteiger charge is 2.51. The Morgan fingerprint density at radius 1 is 1.11 bits per heavy atom. The SMILES string of the molecule is COc1cccc(OC)c1-n1c(NS(=O)(=O)[C@@H](C)[C@H](OC)c2ncc(Cl)cn2)nnc1[C@@H]1CC(=O)C1(C)C. The summed E-state index contributed by atoms with van der Waals surface area (Å²) in [6.07, 6.45) is 1.96. The molecule has 0 unspecified atom stereocenters. The minimum Gasteiger partial charge on any atom is -0.494 e. The molecule has 1 aliphatic rings. The number of sulfonamides is 1. The van der Waals surface area contributed by atoms with Crippen molar-refractivity contribution in [1.82, 2.24) is 24.7 Å². The van der Waals surface area contributed by atoms with Gasteiger partial charge in [-0.3, -0.25) is 14.1 Å². The fourth-order valence-corrected chi connectivity index (χ4v) is 5.63.